The van der Waals surface area contributed by atoms with Gasteiger partial charge in [0.25, 0.3) is 5.56 Å². The van der Waals surface area contributed by atoms with Crippen LogP contribution in [0.2, 0.25) is 0 Å². The van der Waals surface area contributed by atoms with E-state index in [1.165, 1.54) is 29.4 Å². The van der Waals surface area contributed by atoms with Gasteiger partial charge in [-0.25, -0.2) is 18.7 Å². The standard InChI is InChI=1S/C11H11F2N3OS/c1-16-9-7(5-14-11(15-9)18-2)3-6(10(16)17)4-8(12)13/h3,5,8H,4H2,1-2H3. The summed E-state index contributed by atoms with van der Waals surface area (Å²) in [4.78, 5) is 20.1. The number of hydrogen-bond acceptors (Lipinski definition) is 4. The molecule has 2 aromatic heterocycles. The zero-order valence-corrected chi connectivity index (χ0v) is 10.7. The average Bonchev–Trinajstić information content (AvgIpc) is 2.35. The second-order valence-electron chi connectivity index (χ2n) is 3.76. The van der Waals surface area contributed by atoms with Crippen LogP contribution in [-0.2, 0) is 13.5 Å². The van der Waals surface area contributed by atoms with Crippen molar-refractivity contribution in [1.29, 1.82) is 0 Å². The number of hydrogen-bond donors (Lipinski definition) is 0. The molecule has 4 nitrogen and oxygen atoms in total. The van der Waals surface area contributed by atoms with Crippen LogP contribution in [0.25, 0.3) is 11.0 Å². The number of alkyl halides is 2. The zero-order chi connectivity index (χ0) is 13.3. The predicted molar refractivity (Wildman–Crippen MR) is 66.3 cm³/mol. The van der Waals surface area contributed by atoms with Gasteiger partial charge in [-0.1, -0.05) is 11.8 Å². The number of fused-ring (bicyclic) bond motifs is 1. The lowest BCUT2D eigenvalue weighted by molar-refractivity contribution is 0.148. The van der Waals surface area contributed by atoms with Gasteiger partial charge in [-0.3, -0.25) is 9.36 Å². The Morgan fingerprint density at radius 3 is 2.83 bits per heavy atom. The van der Waals surface area contributed by atoms with E-state index in [1.807, 2.05) is 6.26 Å². The van der Waals surface area contributed by atoms with E-state index < -0.39 is 18.4 Å². The largest absolute Gasteiger partial charge is 0.295 e. The van der Waals surface area contributed by atoms with Crippen LogP contribution in [0.5, 0.6) is 0 Å². The van der Waals surface area contributed by atoms with Gasteiger partial charge in [0, 0.05) is 30.6 Å². The molecule has 2 aromatic rings. The average molecular weight is 271 g/mol. The maximum Gasteiger partial charge on any atom is 0.255 e. The Morgan fingerprint density at radius 1 is 1.50 bits per heavy atom. The number of nitrogens with zero attached hydrogens (tertiary/aromatic N) is 3. The Labute approximate surface area is 106 Å². The van der Waals surface area contributed by atoms with Crippen molar-refractivity contribution in [3.63, 3.8) is 0 Å². The molecule has 0 amide bonds. The summed E-state index contributed by atoms with van der Waals surface area (Å²) in [6, 6.07) is 1.44. The Kier molecular flexibility index (Phi) is 3.60. The van der Waals surface area contributed by atoms with E-state index in [0.717, 1.165) is 0 Å². The van der Waals surface area contributed by atoms with Crippen molar-refractivity contribution in [2.24, 2.45) is 7.05 Å². The Bertz CT molecular complexity index is 642. The van der Waals surface area contributed by atoms with Crippen molar-refractivity contribution in [2.45, 2.75) is 18.0 Å². The van der Waals surface area contributed by atoms with Crippen molar-refractivity contribution in [1.82, 2.24) is 14.5 Å². The highest BCUT2D eigenvalue weighted by molar-refractivity contribution is 7.98. The van der Waals surface area contributed by atoms with Gasteiger partial charge in [0.05, 0.1) is 0 Å². The molecule has 0 fully saturated rings. The van der Waals surface area contributed by atoms with Crippen molar-refractivity contribution in [2.75, 3.05) is 6.26 Å². The van der Waals surface area contributed by atoms with Crippen LogP contribution < -0.4 is 5.56 Å². The molecule has 0 bridgehead atoms. The third-order valence-corrected chi connectivity index (χ3v) is 3.12. The number of aromatic nitrogens is 3. The molecule has 0 N–H and O–H groups in total. The van der Waals surface area contributed by atoms with Gasteiger partial charge in [-0.15, -0.1) is 0 Å². The van der Waals surface area contributed by atoms with Crippen LogP contribution in [0, 0.1) is 0 Å². The summed E-state index contributed by atoms with van der Waals surface area (Å²) in [6.45, 7) is 0. The molecule has 0 aliphatic carbocycles. The molecule has 0 aliphatic rings. The fourth-order valence-corrected chi connectivity index (χ4v) is 2.04. The highest BCUT2D eigenvalue weighted by Gasteiger charge is 2.13. The zero-order valence-electron chi connectivity index (χ0n) is 9.85. The number of thioether (sulfide) groups is 1. The second kappa shape index (κ2) is 5.01. The molecule has 0 aliphatic heterocycles. The Hall–Kier alpha value is -1.50. The van der Waals surface area contributed by atoms with Gasteiger partial charge in [0.2, 0.25) is 6.43 Å². The van der Waals surface area contributed by atoms with Crippen LogP contribution in [0.15, 0.2) is 22.2 Å². The first kappa shape index (κ1) is 12.9. The van der Waals surface area contributed by atoms with Crippen LogP contribution in [0.4, 0.5) is 8.78 Å². The molecule has 18 heavy (non-hydrogen) atoms. The first-order valence-electron chi connectivity index (χ1n) is 5.20. The molecule has 0 atom stereocenters. The molecule has 0 unspecified atom stereocenters. The molecular formula is C11H11F2N3OS. The summed E-state index contributed by atoms with van der Waals surface area (Å²) < 4.78 is 26.0. The minimum absolute atomic E-state index is 0.0838. The summed E-state index contributed by atoms with van der Waals surface area (Å²) in [5.74, 6) is 0. The molecule has 96 valence electrons. The third kappa shape index (κ3) is 2.35. The second-order valence-corrected chi connectivity index (χ2v) is 4.54. The molecule has 7 heteroatoms. The maximum atomic E-state index is 12.4. The van der Waals surface area contributed by atoms with E-state index in [0.29, 0.717) is 16.2 Å². The Balaban J connectivity index is 2.67. The van der Waals surface area contributed by atoms with Gasteiger partial charge in [0.15, 0.2) is 5.16 Å². The van der Waals surface area contributed by atoms with Crippen molar-refractivity contribution < 1.29 is 8.78 Å². The third-order valence-electron chi connectivity index (χ3n) is 2.56. The molecule has 2 heterocycles. The van der Waals surface area contributed by atoms with E-state index in [-0.39, 0.29) is 5.56 Å². The fourth-order valence-electron chi connectivity index (χ4n) is 1.71. The topological polar surface area (TPSA) is 47.8 Å². The van der Waals surface area contributed by atoms with Gasteiger partial charge >= 0.3 is 0 Å². The monoisotopic (exact) mass is 271 g/mol. The maximum absolute atomic E-state index is 12.4. The predicted octanol–water partition coefficient (Wildman–Crippen LogP) is 1.86. The fraction of sp³-hybridized carbons (Fsp3) is 0.364. The van der Waals surface area contributed by atoms with E-state index in [2.05, 4.69) is 9.97 Å². The van der Waals surface area contributed by atoms with Crippen LogP contribution in [0.1, 0.15) is 5.56 Å². The minimum atomic E-state index is -2.54. The number of pyridine rings is 1. The highest BCUT2D eigenvalue weighted by atomic mass is 32.2. The first-order valence-corrected chi connectivity index (χ1v) is 6.43. The molecule has 0 saturated carbocycles. The summed E-state index contributed by atoms with van der Waals surface area (Å²) in [6.07, 6.45) is 0.279. The summed E-state index contributed by atoms with van der Waals surface area (Å²) in [5, 5.41) is 1.13. The van der Waals surface area contributed by atoms with Crippen LogP contribution in [-0.4, -0.2) is 27.2 Å². The smallest absolute Gasteiger partial charge is 0.255 e. The SMILES string of the molecule is CSc1ncc2cc(CC(F)F)c(=O)n(C)c2n1. The van der Waals surface area contributed by atoms with Crippen molar-refractivity contribution in [3.8, 4) is 0 Å². The number of aryl methyl sites for hydroxylation is 1. The molecule has 0 spiro atoms. The number of rotatable bonds is 3. The minimum Gasteiger partial charge on any atom is -0.295 e. The molecule has 2 rings (SSSR count). The summed E-state index contributed by atoms with van der Waals surface area (Å²) >= 11 is 1.36. The van der Waals surface area contributed by atoms with E-state index in [4.69, 9.17) is 0 Å². The quantitative estimate of drug-likeness (QED) is 0.631. The molecule has 0 aromatic carbocycles. The van der Waals surface area contributed by atoms with Gasteiger partial charge in [-0.2, -0.15) is 0 Å². The lowest BCUT2D eigenvalue weighted by Gasteiger charge is -2.08. The van der Waals surface area contributed by atoms with Crippen LogP contribution >= 0.6 is 11.8 Å². The first-order chi connectivity index (χ1) is 8.52. The molecular weight excluding hydrogens is 260 g/mol. The highest BCUT2D eigenvalue weighted by Crippen LogP contribution is 2.15. The molecule has 0 saturated heterocycles. The Morgan fingerprint density at radius 2 is 2.22 bits per heavy atom. The van der Waals surface area contributed by atoms with Crippen molar-refractivity contribution in [3.05, 3.63) is 28.2 Å². The summed E-state index contributed by atoms with van der Waals surface area (Å²) in [5.41, 5.74) is 0.103. The van der Waals surface area contributed by atoms with Crippen LogP contribution in [0.3, 0.4) is 0 Å². The van der Waals surface area contributed by atoms with E-state index in [1.54, 1.807) is 6.20 Å². The van der Waals surface area contributed by atoms with E-state index in [9.17, 15) is 13.6 Å². The lowest BCUT2D eigenvalue weighted by atomic mass is 10.1. The van der Waals surface area contributed by atoms with Gasteiger partial charge < -0.3 is 0 Å². The van der Waals surface area contributed by atoms with Gasteiger partial charge in [-0.05, 0) is 12.3 Å². The number of halogens is 2. The lowest BCUT2D eigenvalue weighted by Crippen LogP contribution is -2.23. The van der Waals surface area contributed by atoms with Crippen molar-refractivity contribution >= 4 is 22.8 Å². The molecule has 0 radical (unpaired) electrons. The normalized spacial score (nSPS) is 11.4. The van der Waals surface area contributed by atoms with E-state index >= 15 is 0 Å². The van der Waals surface area contributed by atoms with Gasteiger partial charge in [0.1, 0.15) is 5.65 Å². The summed E-state index contributed by atoms with van der Waals surface area (Å²) in [7, 11) is 1.52.